The number of hydrogen-bond donors (Lipinski definition) is 0. The van der Waals surface area contributed by atoms with Crippen LogP contribution in [0.3, 0.4) is 0 Å². The van der Waals surface area contributed by atoms with Crippen LogP contribution < -0.4 is 0 Å². The van der Waals surface area contributed by atoms with Crippen molar-refractivity contribution < 1.29 is 0 Å². The second kappa shape index (κ2) is 8.43. The van der Waals surface area contributed by atoms with E-state index in [1.165, 1.54) is 0 Å². The van der Waals surface area contributed by atoms with Gasteiger partial charge in [0.05, 0.1) is 0 Å². The second-order valence-electron chi connectivity index (χ2n) is 18.3. The monoisotopic (exact) mass is 626 g/mol. The first-order valence-corrected chi connectivity index (χ1v) is 27.7. The Morgan fingerprint density at radius 1 is 0.618 bits per heavy atom. The number of rotatable bonds is 2. The van der Waals surface area contributed by atoms with E-state index in [0.29, 0.717) is 15.1 Å². The third kappa shape index (κ3) is 4.58. The Morgan fingerprint density at radius 3 is 1.06 bits per heavy atom. The van der Waals surface area contributed by atoms with E-state index in [1.54, 1.807) is 0 Å². The first-order chi connectivity index (χ1) is 14.5. The van der Waals surface area contributed by atoms with Crippen molar-refractivity contribution in [3.63, 3.8) is 0 Å². The number of nitrogens with zero attached hydrogens (tertiary/aromatic N) is 2. The molecule has 0 spiro atoms. The van der Waals surface area contributed by atoms with E-state index < -0.39 is 44.4 Å². The van der Waals surface area contributed by atoms with Crippen molar-refractivity contribution in [2.24, 2.45) is 0 Å². The Morgan fingerprint density at radius 2 is 0.882 bits per heavy atom. The van der Waals surface area contributed by atoms with Crippen LogP contribution in [0.5, 0.6) is 0 Å². The van der Waals surface area contributed by atoms with Gasteiger partial charge in [-0.05, 0) is 0 Å². The van der Waals surface area contributed by atoms with Crippen LogP contribution in [0.2, 0.25) is 67.5 Å². The Balaban J connectivity index is 3.14. The van der Waals surface area contributed by atoms with Crippen molar-refractivity contribution in [2.45, 2.75) is 162 Å². The summed E-state index contributed by atoms with van der Waals surface area (Å²) in [6.45, 7) is 53.9. The molecule has 2 nitrogen and oxygen atoms in total. The second-order valence-corrected chi connectivity index (χ2v) is 41.9. The van der Waals surface area contributed by atoms with Crippen LogP contribution in [0, 0.1) is 0 Å². The van der Waals surface area contributed by atoms with E-state index in [-0.39, 0.29) is 11.1 Å². The molecule has 0 aliphatic carbocycles. The van der Waals surface area contributed by atoms with Crippen LogP contribution in [-0.4, -0.2) is 77.8 Å². The molecule has 0 saturated carbocycles. The van der Waals surface area contributed by atoms with Gasteiger partial charge in [-0.1, -0.05) is 0 Å². The Labute approximate surface area is 227 Å². The van der Waals surface area contributed by atoms with Gasteiger partial charge in [-0.2, -0.15) is 0 Å². The maximum atomic E-state index is 3.21. The molecule has 0 bridgehead atoms. The van der Waals surface area contributed by atoms with E-state index in [1.807, 2.05) is 0 Å². The summed E-state index contributed by atoms with van der Waals surface area (Å²) in [5.41, 5.74) is 0.529. The SMILES string of the molecule is CC(C)(C)B1[C](=[Sn]2[N](C(C)(C)C)[Si](C)(C)[N]2C(C)(C)C)B(C(C)(C)C)C1([Si](C)(C)C)[Si](C)(C)C. The first-order valence-electron chi connectivity index (χ1n) is 13.8. The van der Waals surface area contributed by atoms with Gasteiger partial charge in [-0.15, -0.1) is 0 Å². The minimum absolute atomic E-state index is 0.265. The van der Waals surface area contributed by atoms with Gasteiger partial charge in [-0.3, -0.25) is 0 Å². The first kappa shape index (κ1) is 31.6. The zero-order valence-corrected chi connectivity index (χ0v) is 32.9. The molecule has 2 aliphatic rings. The van der Waals surface area contributed by atoms with E-state index in [0.717, 1.165) is 13.4 Å². The fourth-order valence-electron chi connectivity index (χ4n) is 9.35. The number of hydrogen-bond acceptors (Lipinski definition) is 2. The molecule has 196 valence electrons. The summed E-state index contributed by atoms with van der Waals surface area (Å²) in [6, 6.07) is 0. The molecular formula is C26H60B2N2Si3Sn. The van der Waals surface area contributed by atoms with Crippen molar-refractivity contribution in [3.8, 4) is 0 Å². The van der Waals surface area contributed by atoms with E-state index in [9.17, 15) is 0 Å². The molecule has 0 radical (unpaired) electrons. The van der Waals surface area contributed by atoms with Crippen molar-refractivity contribution in [2.75, 3.05) is 0 Å². The Hall–Kier alpha value is 1.37. The van der Waals surface area contributed by atoms with Crippen molar-refractivity contribution in [3.05, 3.63) is 0 Å². The molecule has 0 amide bonds. The standard InChI is InChI=1S/C16H36B2Si2.C10H24N2Si.Sn/c1-14(2,3)17-13-18(15(4,5)6)16(17,19(7,8)9)20(10,11)12;1-9(2,3)11-13(7,8)12-10(4,5)6;/h1-12H3;1-8H3;/q;-2;+2. The van der Waals surface area contributed by atoms with Crippen LogP contribution >= 0.6 is 0 Å². The third-order valence-electron chi connectivity index (χ3n) is 8.86. The fourth-order valence-corrected chi connectivity index (χ4v) is 53.3. The molecule has 0 aromatic rings. The van der Waals surface area contributed by atoms with Crippen molar-refractivity contribution in [1.82, 2.24) is 5.57 Å². The third-order valence-corrected chi connectivity index (χ3v) is 44.6. The molecular weight excluding hydrogens is 565 g/mol. The maximum absolute atomic E-state index is 3.21. The summed E-state index contributed by atoms with van der Waals surface area (Å²) in [5, 5.41) is 0.638. The summed E-state index contributed by atoms with van der Waals surface area (Å²) in [6.07, 6.45) is 0. The van der Waals surface area contributed by atoms with Crippen LogP contribution in [0.4, 0.5) is 0 Å². The zero-order valence-electron chi connectivity index (χ0n) is 27.0. The summed E-state index contributed by atoms with van der Waals surface area (Å²) in [4.78, 5) is 0. The van der Waals surface area contributed by atoms with E-state index in [4.69, 9.17) is 0 Å². The normalized spacial score (nSPS) is 23.3. The summed E-state index contributed by atoms with van der Waals surface area (Å²) in [7, 11) is -4.66. The molecule has 0 atom stereocenters. The predicted octanol–water partition coefficient (Wildman–Crippen LogP) is 7.86. The molecule has 8 heteroatoms. The van der Waals surface area contributed by atoms with Gasteiger partial charge in [0.2, 0.25) is 0 Å². The molecule has 0 aromatic carbocycles. The van der Waals surface area contributed by atoms with Crippen LogP contribution in [0.1, 0.15) is 83.1 Å². The van der Waals surface area contributed by atoms with Gasteiger partial charge in [0.15, 0.2) is 0 Å². The summed E-state index contributed by atoms with van der Waals surface area (Å²) < 4.78 is 9.05. The van der Waals surface area contributed by atoms with Gasteiger partial charge < -0.3 is 0 Å². The molecule has 34 heavy (non-hydrogen) atoms. The van der Waals surface area contributed by atoms with E-state index >= 15 is 0 Å². The van der Waals surface area contributed by atoms with Gasteiger partial charge >= 0.3 is 228 Å². The van der Waals surface area contributed by atoms with Crippen LogP contribution in [0.15, 0.2) is 0 Å². The Bertz CT molecular complexity index is 778. The minimum atomic E-state index is -2.27. The molecule has 2 saturated heterocycles. The predicted molar refractivity (Wildman–Crippen MR) is 172 cm³/mol. The summed E-state index contributed by atoms with van der Waals surface area (Å²) >= 11 is -2.27. The van der Waals surface area contributed by atoms with E-state index in [2.05, 4.69) is 144 Å². The molecule has 2 aliphatic heterocycles. The molecule has 2 rings (SSSR count). The average Bonchev–Trinajstić information content (AvgIpc) is 2.33. The van der Waals surface area contributed by atoms with Crippen molar-refractivity contribution >= 4 is 61.1 Å². The van der Waals surface area contributed by atoms with Gasteiger partial charge in [0, 0.05) is 0 Å². The topological polar surface area (TPSA) is 6.48 Å². The van der Waals surface area contributed by atoms with Crippen LogP contribution in [0.25, 0.3) is 0 Å². The van der Waals surface area contributed by atoms with Gasteiger partial charge in [0.1, 0.15) is 0 Å². The van der Waals surface area contributed by atoms with Gasteiger partial charge in [-0.25, -0.2) is 0 Å². The molecule has 0 aromatic heterocycles. The van der Waals surface area contributed by atoms with Gasteiger partial charge in [0.25, 0.3) is 0 Å². The fraction of sp³-hybridized carbons (Fsp3) is 0.962. The van der Waals surface area contributed by atoms with Crippen molar-refractivity contribution in [1.29, 1.82) is 0 Å². The molecule has 2 heterocycles. The molecule has 0 unspecified atom stereocenters. The molecule has 0 N–H and O–H groups in total. The zero-order chi connectivity index (χ0) is 27.5. The van der Waals surface area contributed by atoms with Crippen LogP contribution in [-0.2, 0) is 0 Å². The quantitative estimate of drug-likeness (QED) is 0.289. The average molecular weight is 625 g/mol. The molecule has 2 fully saturated rings. The summed E-state index contributed by atoms with van der Waals surface area (Å²) in [5.74, 6) is 0. The Kier molecular flexibility index (Phi) is 7.83.